The van der Waals surface area contributed by atoms with Crippen molar-refractivity contribution in [1.82, 2.24) is 9.13 Å². The smallest absolute Gasteiger partial charge is 0.332 e. The van der Waals surface area contributed by atoms with Gasteiger partial charge in [0.05, 0.1) is 21.3 Å². The summed E-state index contributed by atoms with van der Waals surface area (Å²) in [6.45, 7) is 0. The molecule has 0 saturated carbocycles. The van der Waals surface area contributed by atoms with E-state index >= 15 is 0 Å². The molecule has 3 N–H and O–H groups in total. The Hall–Kier alpha value is -3.43. The first-order chi connectivity index (χ1) is 12.3. The number of methoxy groups -OCH3 is 3. The van der Waals surface area contributed by atoms with Crippen LogP contribution in [0.1, 0.15) is 10.4 Å². The van der Waals surface area contributed by atoms with Crippen LogP contribution in [0, 0.1) is 0 Å². The molecule has 0 spiro atoms. The van der Waals surface area contributed by atoms with Gasteiger partial charge < -0.3 is 25.3 Å². The molecule has 0 aliphatic heterocycles. The molecule has 0 bridgehead atoms. The van der Waals surface area contributed by atoms with Crippen LogP contribution in [-0.2, 0) is 14.1 Å². The standard InChI is InChI=1S/C16H20N4O6/c1-19-13(17)11(15(22)20(2)16(19)23)18-14(21)8-6-9(24-3)12(26-5)10(7-8)25-4/h6-7H,17H2,1-5H3,(H,18,21). The fourth-order valence-corrected chi connectivity index (χ4v) is 2.38. The van der Waals surface area contributed by atoms with Crippen molar-refractivity contribution in [2.45, 2.75) is 0 Å². The Morgan fingerprint density at radius 1 is 1.00 bits per heavy atom. The summed E-state index contributed by atoms with van der Waals surface area (Å²) in [5.41, 5.74) is 4.44. The minimum atomic E-state index is -0.716. The molecule has 0 fully saturated rings. The van der Waals surface area contributed by atoms with Crippen LogP contribution in [0.3, 0.4) is 0 Å². The Balaban J connectivity index is 2.53. The third-order valence-electron chi connectivity index (χ3n) is 3.88. The molecule has 26 heavy (non-hydrogen) atoms. The topological polar surface area (TPSA) is 127 Å². The third-order valence-corrected chi connectivity index (χ3v) is 3.88. The van der Waals surface area contributed by atoms with Gasteiger partial charge in [-0.3, -0.25) is 18.7 Å². The predicted molar refractivity (Wildman–Crippen MR) is 95.4 cm³/mol. The van der Waals surface area contributed by atoms with Gasteiger partial charge in [-0.1, -0.05) is 0 Å². The summed E-state index contributed by atoms with van der Waals surface area (Å²) in [5.74, 6) is 0.0892. The molecular weight excluding hydrogens is 344 g/mol. The molecule has 1 aromatic heterocycles. The number of ether oxygens (including phenoxy) is 3. The van der Waals surface area contributed by atoms with Gasteiger partial charge in [0.2, 0.25) is 5.75 Å². The molecule has 0 aliphatic rings. The van der Waals surface area contributed by atoms with Crippen molar-refractivity contribution in [3.63, 3.8) is 0 Å². The average Bonchev–Trinajstić information content (AvgIpc) is 2.66. The van der Waals surface area contributed by atoms with E-state index in [-0.39, 0.29) is 28.6 Å². The molecule has 2 rings (SSSR count). The lowest BCUT2D eigenvalue weighted by molar-refractivity contribution is 0.102. The molecule has 140 valence electrons. The summed E-state index contributed by atoms with van der Waals surface area (Å²) in [4.78, 5) is 36.7. The van der Waals surface area contributed by atoms with Crippen LogP contribution in [0.25, 0.3) is 0 Å². The number of nitrogens with one attached hydrogen (secondary N) is 1. The van der Waals surface area contributed by atoms with Crippen LogP contribution >= 0.6 is 0 Å². The number of aromatic nitrogens is 2. The normalized spacial score (nSPS) is 10.3. The van der Waals surface area contributed by atoms with Crippen LogP contribution in [-0.4, -0.2) is 36.4 Å². The molecule has 0 aliphatic carbocycles. The Morgan fingerprint density at radius 2 is 1.54 bits per heavy atom. The maximum atomic E-state index is 12.6. The fourth-order valence-electron chi connectivity index (χ4n) is 2.38. The third kappa shape index (κ3) is 3.08. The molecule has 10 nitrogen and oxygen atoms in total. The fraction of sp³-hybridized carbons (Fsp3) is 0.312. The quantitative estimate of drug-likeness (QED) is 0.761. The van der Waals surface area contributed by atoms with Crippen molar-refractivity contribution in [2.24, 2.45) is 14.1 Å². The van der Waals surface area contributed by atoms with E-state index in [0.717, 1.165) is 9.13 Å². The van der Waals surface area contributed by atoms with Crippen molar-refractivity contribution in [3.05, 3.63) is 38.5 Å². The largest absolute Gasteiger partial charge is 0.493 e. The highest BCUT2D eigenvalue weighted by atomic mass is 16.5. The Kier molecular flexibility index (Phi) is 5.24. The lowest BCUT2D eigenvalue weighted by atomic mass is 10.1. The lowest BCUT2D eigenvalue weighted by Crippen LogP contribution is -2.40. The van der Waals surface area contributed by atoms with Gasteiger partial charge in [-0.2, -0.15) is 0 Å². The molecule has 2 aromatic rings. The van der Waals surface area contributed by atoms with Crippen LogP contribution < -0.4 is 36.5 Å². The van der Waals surface area contributed by atoms with E-state index in [2.05, 4.69) is 5.32 Å². The van der Waals surface area contributed by atoms with E-state index in [1.807, 2.05) is 0 Å². The molecule has 0 atom stereocenters. The van der Waals surface area contributed by atoms with Crippen molar-refractivity contribution in [1.29, 1.82) is 0 Å². The molecule has 1 aromatic carbocycles. The lowest BCUT2D eigenvalue weighted by Gasteiger charge is -2.15. The summed E-state index contributed by atoms with van der Waals surface area (Å²) in [7, 11) is 6.96. The number of rotatable bonds is 5. The zero-order chi connectivity index (χ0) is 19.6. The molecule has 10 heteroatoms. The van der Waals surface area contributed by atoms with Crippen LogP contribution in [0.15, 0.2) is 21.7 Å². The summed E-state index contributed by atoms with van der Waals surface area (Å²) in [6.07, 6.45) is 0. The zero-order valence-electron chi connectivity index (χ0n) is 15.1. The predicted octanol–water partition coefficient (Wildman–Crippen LogP) is -0.0557. The second-order valence-electron chi connectivity index (χ2n) is 5.33. The number of carbonyl (C=O) groups excluding carboxylic acids is 1. The van der Waals surface area contributed by atoms with E-state index < -0.39 is 17.2 Å². The van der Waals surface area contributed by atoms with Gasteiger partial charge in [-0.25, -0.2) is 4.79 Å². The van der Waals surface area contributed by atoms with Gasteiger partial charge in [0.15, 0.2) is 11.5 Å². The SMILES string of the molecule is COc1cc(C(=O)Nc2c(N)n(C)c(=O)n(C)c2=O)cc(OC)c1OC. The van der Waals surface area contributed by atoms with Crippen molar-refractivity contribution >= 4 is 17.4 Å². The molecule has 0 unspecified atom stereocenters. The minimum Gasteiger partial charge on any atom is -0.493 e. The highest BCUT2D eigenvalue weighted by Gasteiger charge is 2.20. The molecule has 0 radical (unpaired) electrons. The number of amides is 1. The Morgan fingerprint density at radius 3 is 2.00 bits per heavy atom. The number of hydrogen-bond acceptors (Lipinski definition) is 7. The Labute approximate surface area is 148 Å². The number of nitrogens with zero attached hydrogens (tertiary/aromatic N) is 2. The van der Waals surface area contributed by atoms with Crippen LogP contribution in [0.2, 0.25) is 0 Å². The summed E-state index contributed by atoms with van der Waals surface area (Å²) < 4.78 is 17.5. The number of carbonyl (C=O) groups is 1. The monoisotopic (exact) mass is 364 g/mol. The van der Waals surface area contributed by atoms with Gasteiger partial charge in [-0.15, -0.1) is 0 Å². The number of nitrogens with two attached hydrogens (primary N) is 1. The molecule has 1 heterocycles. The molecule has 0 saturated heterocycles. The van der Waals surface area contributed by atoms with Crippen molar-refractivity contribution < 1.29 is 19.0 Å². The van der Waals surface area contributed by atoms with Crippen molar-refractivity contribution in [2.75, 3.05) is 32.4 Å². The van der Waals surface area contributed by atoms with E-state index in [1.54, 1.807) is 0 Å². The highest BCUT2D eigenvalue weighted by molar-refractivity contribution is 6.06. The first-order valence-electron chi connectivity index (χ1n) is 7.43. The highest BCUT2D eigenvalue weighted by Crippen LogP contribution is 2.38. The number of nitrogen functional groups attached to an aromatic ring is 1. The molecule has 1 amide bonds. The average molecular weight is 364 g/mol. The first kappa shape index (κ1) is 18.9. The van der Waals surface area contributed by atoms with Crippen LogP contribution in [0.4, 0.5) is 11.5 Å². The van der Waals surface area contributed by atoms with Crippen LogP contribution in [0.5, 0.6) is 17.2 Å². The van der Waals surface area contributed by atoms with E-state index in [4.69, 9.17) is 19.9 Å². The van der Waals surface area contributed by atoms with Crippen molar-refractivity contribution in [3.8, 4) is 17.2 Å². The van der Waals surface area contributed by atoms with Gasteiger partial charge in [0.1, 0.15) is 11.5 Å². The number of hydrogen-bond donors (Lipinski definition) is 2. The maximum absolute atomic E-state index is 12.6. The number of benzene rings is 1. The first-order valence-corrected chi connectivity index (χ1v) is 7.43. The van der Waals surface area contributed by atoms with Gasteiger partial charge in [0, 0.05) is 19.7 Å². The summed E-state index contributed by atoms with van der Waals surface area (Å²) in [5, 5.41) is 2.43. The minimum absolute atomic E-state index is 0.148. The molecular formula is C16H20N4O6. The Bertz CT molecular complexity index is 951. The summed E-state index contributed by atoms with van der Waals surface area (Å²) >= 11 is 0. The van der Waals surface area contributed by atoms with Gasteiger partial charge in [0.25, 0.3) is 11.5 Å². The second-order valence-corrected chi connectivity index (χ2v) is 5.33. The number of anilines is 2. The van der Waals surface area contributed by atoms with E-state index in [1.165, 1.54) is 47.6 Å². The van der Waals surface area contributed by atoms with E-state index in [9.17, 15) is 14.4 Å². The van der Waals surface area contributed by atoms with Gasteiger partial charge in [-0.05, 0) is 12.1 Å². The maximum Gasteiger partial charge on any atom is 0.332 e. The van der Waals surface area contributed by atoms with E-state index in [0.29, 0.717) is 5.75 Å². The summed E-state index contributed by atoms with van der Waals surface area (Å²) in [6, 6.07) is 2.86. The van der Waals surface area contributed by atoms with Gasteiger partial charge >= 0.3 is 5.69 Å². The zero-order valence-corrected chi connectivity index (χ0v) is 15.1. The second kappa shape index (κ2) is 7.21.